The molecule has 2 aromatic carbocycles. The molecule has 2 aliphatic heterocycles. The minimum Gasteiger partial charge on any atom is -0.478 e. The quantitative estimate of drug-likeness (QED) is 0.313. The van der Waals surface area contributed by atoms with E-state index in [1.54, 1.807) is 12.1 Å². The third kappa shape index (κ3) is 3.90. The number of carboxylic acid groups (broad SMARTS) is 1. The topological polar surface area (TPSA) is 102 Å². The summed E-state index contributed by atoms with van der Waals surface area (Å²) in [5, 5.41) is 11.1. The number of fused-ring (bicyclic) bond motifs is 4. The van der Waals surface area contributed by atoms with Crippen molar-refractivity contribution in [2.24, 2.45) is 11.8 Å². The van der Waals surface area contributed by atoms with Crippen molar-refractivity contribution < 1.29 is 33.7 Å². The zero-order valence-electron chi connectivity index (χ0n) is 18.9. The van der Waals surface area contributed by atoms with E-state index >= 15 is 0 Å². The third-order valence-corrected chi connectivity index (χ3v) is 7.19. The molecule has 0 radical (unpaired) electrons. The van der Waals surface area contributed by atoms with Crippen molar-refractivity contribution in [2.75, 3.05) is 6.61 Å². The zero-order chi connectivity index (χ0) is 24.0. The number of carbonyl (C=O) groups excluding carboxylic acids is 2. The fourth-order valence-electron chi connectivity index (χ4n) is 5.21. The van der Waals surface area contributed by atoms with Gasteiger partial charge in [-0.2, -0.15) is 0 Å². The molecule has 5 rings (SSSR count). The largest absolute Gasteiger partial charge is 0.478 e. The number of epoxide rings is 1. The lowest BCUT2D eigenvalue weighted by Crippen LogP contribution is -2.35. The number of hydrogen-bond donors (Lipinski definition) is 1. The molecule has 2 aromatic rings. The van der Waals surface area contributed by atoms with Gasteiger partial charge in [-0.1, -0.05) is 43.0 Å². The fraction of sp³-hybridized carbons (Fsp3) is 0.370. The molecular formula is C27H26O7. The molecule has 3 aliphatic rings. The second-order valence-corrected chi connectivity index (χ2v) is 9.43. The Morgan fingerprint density at radius 1 is 1.18 bits per heavy atom. The molecule has 5 atom stereocenters. The first-order valence-electron chi connectivity index (χ1n) is 11.4. The lowest BCUT2D eigenvalue weighted by molar-refractivity contribution is -0.140. The standard InChI is InChI=1S/C27H26O7/c1-15-21-18(10-4-3-7-11-27(2)23(34-27)22(21)33-25(15)30)14-32-26(31)20-13-17-9-6-5-8-16(17)12-19(20)24(28)29/h3-6,8-9,12-13,18,21-23H,1,7,10-11,14H2,2H3,(H,28,29)/b4-3-/t18?,21-,22+,23+,27-/m1/s1. The third-order valence-electron chi connectivity index (χ3n) is 7.19. The van der Waals surface area contributed by atoms with E-state index in [2.05, 4.69) is 12.7 Å². The average Bonchev–Trinajstić information content (AvgIpc) is 3.41. The van der Waals surface area contributed by atoms with E-state index in [4.69, 9.17) is 14.2 Å². The van der Waals surface area contributed by atoms with E-state index in [1.807, 2.05) is 31.2 Å². The molecule has 2 saturated heterocycles. The lowest BCUT2D eigenvalue weighted by atomic mass is 9.78. The maximum absolute atomic E-state index is 13.0. The predicted molar refractivity (Wildman–Crippen MR) is 123 cm³/mol. The van der Waals surface area contributed by atoms with Crippen molar-refractivity contribution in [3.8, 4) is 0 Å². The summed E-state index contributed by atoms with van der Waals surface area (Å²) in [5.41, 5.74) is -0.111. The predicted octanol–water partition coefficient (Wildman–Crippen LogP) is 4.31. The van der Waals surface area contributed by atoms with Crippen molar-refractivity contribution >= 4 is 28.7 Å². The normalized spacial score (nSPS) is 31.2. The summed E-state index contributed by atoms with van der Waals surface area (Å²) in [6, 6.07) is 10.3. The number of ether oxygens (including phenoxy) is 3. The highest BCUT2D eigenvalue weighted by atomic mass is 16.6. The highest BCUT2D eigenvalue weighted by Gasteiger charge is 2.62. The molecule has 2 fully saturated rings. The number of carboxylic acids is 1. The summed E-state index contributed by atoms with van der Waals surface area (Å²) >= 11 is 0. The van der Waals surface area contributed by atoms with Gasteiger partial charge in [0.15, 0.2) is 0 Å². The van der Waals surface area contributed by atoms with Gasteiger partial charge in [-0.25, -0.2) is 14.4 Å². The van der Waals surface area contributed by atoms with E-state index in [9.17, 15) is 19.5 Å². The van der Waals surface area contributed by atoms with Crippen LogP contribution in [0.15, 0.2) is 60.7 Å². The number of allylic oxidation sites excluding steroid dienone is 2. The van der Waals surface area contributed by atoms with E-state index in [-0.39, 0.29) is 41.3 Å². The molecule has 1 aliphatic carbocycles. The zero-order valence-corrected chi connectivity index (χ0v) is 18.9. The Labute approximate surface area is 197 Å². The van der Waals surface area contributed by atoms with Crippen LogP contribution < -0.4 is 0 Å². The van der Waals surface area contributed by atoms with Gasteiger partial charge in [0.05, 0.1) is 23.3 Å². The summed E-state index contributed by atoms with van der Waals surface area (Å²) in [6.45, 7) is 5.97. The van der Waals surface area contributed by atoms with E-state index < -0.39 is 24.0 Å². The first kappa shape index (κ1) is 22.3. The monoisotopic (exact) mass is 462 g/mol. The molecule has 34 heavy (non-hydrogen) atoms. The van der Waals surface area contributed by atoms with Crippen LogP contribution in [0.5, 0.6) is 0 Å². The van der Waals surface area contributed by atoms with E-state index in [0.29, 0.717) is 12.0 Å². The van der Waals surface area contributed by atoms with Crippen LogP contribution in [0.1, 0.15) is 46.9 Å². The second-order valence-electron chi connectivity index (χ2n) is 9.43. The Morgan fingerprint density at radius 2 is 1.88 bits per heavy atom. The number of carbonyl (C=O) groups is 3. The molecule has 7 heteroatoms. The maximum Gasteiger partial charge on any atom is 0.339 e. The molecule has 0 bridgehead atoms. The molecule has 1 N–H and O–H groups in total. The second kappa shape index (κ2) is 8.40. The van der Waals surface area contributed by atoms with Crippen LogP contribution in [-0.2, 0) is 19.0 Å². The van der Waals surface area contributed by atoms with Crippen molar-refractivity contribution in [1.82, 2.24) is 0 Å². The first-order valence-corrected chi connectivity index (χ1v) is 11.4. The van der Waals surface area contributed by atoms with E-state index in [0.717, 1.165) is 23.6 Å². The maximum atomic E-state index is 13.0. The van der Waals surface area contributed by atoms with Crippen LogP contribution in [0, 0.1) is 11.8 Å². The fourth-order valence-corrected chi connectivity index (χ4v) is 5.21. The summed E-state index contributed by atoms with van der Waals surface area (Å²) in [5.74, 6) is -2.98. The SMILES string of the molecule is C=C1C(=O)O[C@H]2[C@H]1C(COC(=O)c1cc3ccccc3cc1C(=O)O)C/C=C\CC[C@@]1(C)O[C@@H]21. The molecule has 0 saturated carbocycles. The number of rotatable bonds is 4. The van der Waals surface area contributed by atoms with Crippen molar-refractivity contribution in [2.45, 2.75) is 44.0 Å². The lowest BCUT2D eigenvalue weighted by Gasteiger charge is -2.26. The molecule has 1 unspecified atom stereocenters. The first-order chi connectivity index (χ1) is 16.3. The van der Waals surface area contributed by atoms with Gasteiger partial charge in [0.2, 0.25) is 0 Å². The van der Waals surface area contributed by atoms with Crippen LogP contribution in [0.25, 0.3) is 10.8 Å². The Kier molecular flexibility index (Phi) is 5.52. The van der Waals surface area contributed by atoms with Gasteiger partial charge < -0.3 is 19.3 Å². The van der Waals surface area contributed by atoms with Crippen LogP contribution in [-0.4, -0.2) is 47.4 Å². The average molecular weight is 462 g/mol. The van der Waals surface area contributed by atoms with Crippen molar-refractivity contribution in [3.63, 3.8) is 0 Å². The molecule has 0 spiro atoms. The van der Waals surface area contributed by atoms with Gasteiger partial charge in [0, 0.05) is 17.4 Å². The van der Waals surface area contributed by atoms with Crippen LogP contribution in [0.3, 0.4) is 0 Å². The number of esters is 2. The summed E-state index contributed by atoms with van der Waals surface area (Å²) < 4.78 is 17.2. The van der Waals surface area contributed by atoms with Gasteiger partial charge in [0.25, 0.3) is 0 Å². The summed E-state index contributed by atoms with van der Waals surface area (Å²) in [7, 11) is 0. The van der Waals surface area contributed by atoms with Crippen LogP contribution >= 0.6 is 0 Å². The van der Waals surface area contributed by atoms with Crippen molar-refractivity contribution in [3.05, 3.63) is 71.8 Å². The highest BCUT2D eigenvalue weighted by Crippen LogP contribution is 2.50. The minimum atomic E-state index is -1.20. The minimum absolute atomic E-state index is 0.00464. The molecule has 0 aromatic heterocycles. The molecule has 176 valence electrons. The molecule has 2 heterocycles. The van der Waals surface area contributed by atoms with Gasteiger partial charge in [0.1, 0.15) is 12.2 Å². The van der Waals surface area contributed by atoms with Gasteiger partial charge >= 0.3 is 17.9 Å². The van der Waals surface area contributed by atoms with Gasteiger partial charge in [-0.05, 0) is 49.1 Å². The molecular weight excluding hydrogens is 436 g/mol. The smallest absolute Gasteiger partial charge is 0.339 e. The van der Waals surface area contributed by atoms with Gasteiger partial charge in [-0.15, -0.1) is 0 Å². The number of benzene rings is 2. The Morgan fingerprint density at radius 3 is 2.59 bits per heavy atom. The summed E-state index contributed by atoms with van der Waals surface area (Å²) in [6.07, 6.45) is 5.64. The molecule has 0 amide bonds. The van der Waals surface area contributed by atoms with Crippen molar-refractivity contribution in [1.29, 1.82) is 0 Å². The Bertz CT molecular complexity index is 1230. The summed E-state index contributed by atoms with van der Waals surface area (Å²) in [4.78, 5) is 37.3. The van der Waals surface area contributed by atoms with E-state index in [1.165, 1.54) is 6.07 Å². The van der Waals surface area contributed by atoms with Crippen LogP contribution in [0.2, 0.25) is 0 Å². The van der Waals surface area contributed by atoms with Crippen LogP contribution in [0.4, 0.5) is 0 Å². The number of aromatic carboxylic acids is 1. The Hall–Kier alpha value is -3.45. The van der Waals surface area contributed by atoms with Gasteiger partial charge in [-0.3, -0.25) is 0 Å². The number of hydrogen-bond acceptors (Lipinski definition) is 6. The Balaban J connectivity index is 1.41. The highest BCUT2D eigenvalue weighted by molar-refractivity contribution is 6.06. The molecule has 7 nitrogen and oxygen atoms in total.